The van der Waals surface area contributed by atoms with Crippen molar-refractivity contribution >= 4 is 36.3 Å². The molecule has 2 rings (SSSR count). The Kier molecular flexibility index (Phi) is 2.51. The molecule has 1 aromatic rings. The molecule has 0 aromatic heterocycles. The van der Waals surface area contributed by atoms with E-state index in [0.29, 0.717) is 5.75 Å². The minimum Gasteiger partial charge on any atom is -0.426 e. The van der Waals surface area contributed by atoms with Gasteiger partial charge >= 0.3 is 5.97 Å². The molecule has 0 fully saturated rings. The number of nitrogens with zero attached hydrogens (tertiary/aromatic N) is 1. The lowest BCUT2D eigenvalue weighted by Crippen LogP contribution is -2.74. The van der Waals surface area contributed by atoms with Gasteiger partial charge in [-0.1, -0.05) is 0 Å². The van der Waals surface area contributed by atoms with Crippen molar-refractivity contribution in [2.45, 2.75) is 0 Å². The number of quaternary nitrogens is 1. The van der Waals surface area contributed by atoms with E-state index < -0.39 is 0 Å². The van der Waals surface area contributed by atoms with E-state index in [1.165, 1.54) is 0 Å². The molecule has 0 saturated carbocycles. The molecular formula is C9H9N2O2S+. The maximum atomic E-state index is 10.9. The lowest BCUT2D eigenvalue weighted by molar-refractivity contribution is -0.427. The minimum absolute atomic E-state index is 0.0807. The zero-order valence-corrected chi connectivity index (χ0v) is 8.20. The second kappa shape index (κ2) is 3.81. The molecule has 0 bridgehead atoms. The number of esters is 1. The number of ether oxygens (including phenoxy) is 1. The Morgan fingerprint density at radius 3 is 3.21 bits per heavy atom. The minimum atomic E-state index is -0.354. The predicted molar refractivity (Wildman–Crippen MR) is 55.7 cm³/mol. The van der Waals surface area contributed by atoms with Gasteiger partial charge in [-0.15, -0.1) is 0 Å². The molecule has 1 aliphatic rings. The van der Waals surface area contributed by atoms with Gasteiger partial charge in [0.2, 0.25) is 0 Å². The molecule has 5 heteroatoms. The van der Waals surface area contributed by atoms with Crippen LogP contribution in [0.5, 0.6) is 5.75 Å². The van der Waals surface area contributed by atoms with E-state index in [2.05, 4.69) is 17.6 Å². The second-order valence-corrected chi connectivity index (χ2v) is 3.11. The van der Waals surface area contributed by atoms with Crippen molar-refractivity contribution in [3.05, 3.63) is 18.2 Å². The van der Waals surface area contributed by atoms with Crippen LogP contribution in [0.1, 0.15) is 0 Å². The number of benzene rings is 1. The van der Waals surface area contributed by atoms with Gasteiger partial charge in [-0.3, -0.25) is 10.1 Å². The number of aliphatic imine (C=N–C) groups is 1. The number of fused-ring (bicyclic) bond motifs is 1. The Morgan fingerprint density at radius 1 is 1.57 bits per heavy atom. The van der Waals surface area contributed by atoms with Gasteiger partial charge in [-0.05, 0) is 12.1 Å². The van der Waals surface area contributed by atoms with E-state index in [0.717, 1.165) is 11.4 Å². The van der Waals surface area contributed by atoms with Crippen molar-refractivity contribution in [3.63, 3.8) is 0 Å². The van der Waals surface area contributed by atoms with Crippen molar-refractivity contribution in [1.29, 1.82) is 0 Å². The first kappa shape index (κ1) is 9.23. The molecule has 1 heterocycles. The average Bonchev–Trinajstić information content (AvgIpc) is 2.64. The van der Waals surface area contributed by atoms with Crippen molar-refractivity contribution in [2.24, 2.45) is 4.99 Å². The summed E-state index contributed by atoms with van der Waals surface area (Å²) < 4.78 is 5.00. The molecule has 0 aliphatic carbocycles. The van der Waals surface area contributed by atoms with Crippen LogP contribution in [0.4, 0.5) is 11.4 Å². The largest absolute Gasteiger partial charge is 0.426 e. The summed E-state index contributed by atoms with van der Waals surface area (Å²) in [6.07, 6.45) is 1.72. The summed E-state index contributed by atoms with van der Waals surface area (Å²) in [5.74, 6) is 0.258. The zero-order valence-electron chi connectivity index (χ0n) is 7.30. The number of carbonyl (C=O) groups is 1. The fraction of sp³-hybridized carbons (Fsp3) is 0.111. The van der Waals surface area contributed by atoms with E-state index in [-0.39, 0.29) is 11.7 Å². The molecule has 0 saturated heterocycles. The molecule has 2 N–H and O–H groups in total. The van der Waals surface area contributed by atoms with Crippen LogP contribution in [-0.4, -0.2) is 18.1 Å². The van der Waals surface area contributed by atoms with Crippen LogP contribution in [0.15, 0.2) is 23.2 Å². The number of nitrogens with two attached hydrogens (primary N) is 1. The highest BCUT2D eigenvalue weighted by atomic mass is 32.1. The van der Waals surface area contributed by atoms with Crippen molar-refractivity contribution in [3.8, 4) is 5.75 Å². The van der Waals surface area contributed by atoms with Gasteiger partial charge < -0.3 is 4.74 Å². The van der Waals surface area contributed by atoms with Crippen molar-refractivity contribution in [1.82, 2.24) is 0 Å². The monoisotopic (exact) mass is 209 g/mol. The Morgan fingerprint density at radius 2 is 2.43 bits per heavy atom. The summed E-state index contributed by atoms with van der Waals surface area (Å²) in [4.78, 5) is 15.0. The van der Waals surface area contributed by atoms with E-state index in [1.54, 1.807) is 18.5 Å². The molecule has 4 nitrogen and oxygen atoms in total. The van der Waals surface area contributed by atoms with Crippen molar-refractivity contribution in [2.75, 3.05) is 5.75 Å². The summed E-state index contributed by atoms with van der Waals surface area (Å²) >= 11 is 3.82. The van der Waals surface area contributed by atoms with E-state index >= 15 is 0 Å². The van der Waals surface area contributed by atoms with Crippen LogP contribution < -0.4 is 10.1 Å². The van der Waals surface area contributed by atoms with Crippen LogP contribution in [0.3, 0.4) is 0 Å². The number of carbonyl (C=O) groups excluding carboxylic acids is 1. The third kappa shape index (κ3) is 1.78. The van der Waals surface area contributed by atoms with E-state index in [9.17, 15) is 4.79 Å². The average molecular weight is 209 g/mol. The normalized spacial score (nSPS) is 12.6. The molecule has 0 atom stereocenters. The van der Waals surface area contributed by atoms with Gasteiger partial charge in [-0.25, -0.2) is 0 Å². The molecule has 0 radical (unpaired) electrons. The molecule has 1 aliphatic heterocycles. The first-order chi connectivity index (χ1) is 6.79. The Balaban J connectivity index is 2.18. The Hall–Kier alpha value is -1.33. The van der Waals surface area contributed by atoms with Gasteiger partial charge in [0, 0.05) is 6.07 Å². The third-order valence-corrected chi connectivity index (χ3v) is 2.09. The van der Waals surface area contributed by atoms with Crippen LogP contribution in [0, 0.1) is 0 Å². The molecule has 1 aromatic carbocycles. The van der Waals surface area contributed by atoms with Gasteiger partial charge in [0.1, 0.15) is 11.4 Å². The summed E-state index contributed by atoms with van der Waals surface area (Å²) in [5.41, 5.74) is 1.87. The fourth-order valence-electron chi connectivity index (χ4n) is 1.21. The zero-order chi connectivity index (χ0) is 9.97. The highest BCUT2D eigenvalue weighted by Crippen LogP contribution is 2.27. The quantitative estimate of drug-likeness (QED) is 0.320. The first-order valence-corrected chi connectivity index (χ1v) is 4.76. The van der Waals surface area contributed by atoms with E-state index in [1.807, 2.05) is 11.4 Å². The standard InChI is InChI=1S/C9H8N2O2S/c12-9(4-14)13-6-1-2-7-8(3-6)11-5-10-7/h1-3,5,14H,4H2,(H,10,11)/p+1. The highest BCUT2D eigenvalue weighted by molar-refractivity contribution is 7.81. The van der Waals surface area contributed by atoms with Crippen LogP contribution in [0.2, 0.25) is 0 Å². The lowest BCUT2D eigenvalue weighted by atomic mass is 10.2. The summed E-state index contributed by atoms with van der Waals surface area (Å²) in [6.45, 7) is 0. The molecular weight excluding hydrogens is 200 g/mol. The van der Waals surface area contributed by atoms with Crippen molar-refractivity contribution < 1.29 is 14.8 Å². The number of hydrogen-bond donors (Lipinski definition) is 2. The number of hydrogen-bond acceptors (Lipinski definition) is 4. The molecule has 72 valence electrons. The Labute approximate surface area is 86.4 Å². The first-order valence-electron chi connectivity index (χ1n) is 4.12. The number of rotatable bonds is 2. The van der Waals surface area contributed by atoms with E-state index in [4.69, 9.17) is 4.74 Å². The van der Waals surface area contributed by atoms with Crippen LogP contribution in [-0.2, 0) is 4.79 Å². The fourth-order valence-corrected chi connectivity index (χ4v) is 1.27. The third-order valence-electron chi connectivity index (χ3n) is 1.83. The SMILES string of the molecule is O=C(CS)Oc1ccc2c(c1)[NH2+]C=N2. The lowest BCUT2D eigenvalue weighted by Gasteiger charge is -2.02. The number of thiol groups is 1. The van der Waals surface area contributed by atoms with Crippen LogP contribution >= 0.6 is 12.6 Å². The molecule has 0 unspecified atom stereocenters. The Bertz CT molecular complexity index is 404. The summed E-state index contributed by atoms with van der Waals surface area (Å²) in [5, 5.41) is 1.87. The predicted octanol–water partition coefficient (Wildman–Crippen LogP) is 0.390. The van der Waals surface area contributed by atoms with Gasteiger partial charge in [-0.2, -0.15) is 17.6 Å². The second-order valence-electron chi connectivity index (χ2n) is 2.80. The topological polar surface area (TPSA) is 55.3 Å². The van der Waals surface area contributed by atoms with Gasteiger partial charge in [0.25, 0.3) is 0 Å². The maximum Gasteiger partial charge on any atom is 0.321 e. The molecule has 0 amide bonds. The smallest absolute Gasteiger partial charge is 0.321 e. The maximum absolute atomic E-state index is 10.9. The van der Waals surface area contributed by atoms with Crippen LogP contribution in [0.25, 0.3) is 0 Å². The van der Waals surface area contributed by atoms with Gasteiger partial charge in [0.05, 0.1) is 5.75 Å². The highest BCUT2D eigenvalue weighted by Gasteiger charge is 2.12. The molecule has 0 spiro atoms. The molecule has 14 heavy (non-hydrogen) atoms. The summed E-state index contributed by atoms with van der Waals surface area (Å²) in [6, 6.07) is 5.32. The van der Waals surface area contributed by atoms with Gasteiger partial charge in [0.15, 0.2) is 12.0 Å². The summed E-state index contributed by atoms with van der Waals surface area (Å²) in [7, 11) is 0.